The predicted molar refractivity (Wildman–Crippen MR) is 213 cm³/mol. The second-order valence-electron chi connectivity index (χ2n) is 11.6. The third-order valence-electron chi connectivity index (χ3n) is 6.63. The average molecular weight is 839 g/mol. The summed E-state index contributed by atoms with van der Waals surface area (Å²) in [6.45, 7) is 6.79. The van der Waals surface area contributed by atoms with Crippen molar-refractivity contribution in [2.75, 3.05) is 77.2 Å². The van der Waals surface area contributed by atoms with E-state index in [1.54, 1.807) is 36.4 Å². The van der Waals surface area contributed by atoms with Crippen LogP contribution < -0.4 is 45.6 Å². The molecule has 3 aromatic heterocycles. The van der Waals surface area contributed by atoms with Crippen LogP contribution in [-0.2, 0) is 29.5 Å². The summed E-state index contributed by atoms with van der Waals surface area (Å²) in [5.74, 6) is 1.98. The topological polar surface area (TPSA) is 275 Å². The molecule has 0 amide bonds. The molecule has 55 heavy (non-hydrogen) atoms. The van der Waals surface area contributed by atoms with Gasteiger partial charge in [0.15, 0.2) is 17.2 Å². The third kappa shape index (κ3) is 19.4. The van der Waals surface area contributed by atoms with Crippen molar-refractivity contribution in [3.63, 3.8) is 0 Å². The van der Waals surface area contributed by atoms with Gasteiger partial charge in [0.1, 0.15) is 29.5 Å². The van der Waals surface area contributed by atoms with Gasteiger partial charge < -0.3 is 45.6 Å². The molecule has 0 aromatic carbocycles. The first-order valence-corrected chi connectivity index (χ1v) is 22.6. The smallest absolute Gasteiger partial charge is 0.257 e. The van der Waals surface area contributed by atoms with E-state index in [0.29, 0.717) is 71.8 Å². The first-order chi connectivity index (χ1) is 25.1. The van der Waals surface area contributed by atoms with E-state index >= 15 is 0 Å². The van der Waals surface area contributed by atoms with Crippen LogP contribution in [0.4, 0.5) is 0 Å². The number of ether oxygens (including phenoxy) is 6. The van der Waals surface area contributed by atoms with Crippen molar-refractivity contribution in [3.05, 3.63) is 53.5 Å². The number of nitrogens with two attached hydrogens (primary N) is 3. The monoisotopic (exact) mass is 838 g/mol. The Morgan fingerprint density at radius 2 is 0.709 bits per heavy atom. The highest BCUT2D eigenvalue weighted by Crippen LogP contribution is 2.28. The van der Waals surface area contributed by atoms with Gasteiger partial charge in [-0.05, 0) is 57.2 Å². The molecule has 0 bridgehead atoms. The molecule has 314 valence electrons. The fourth-order valence-corrected chi connectivity index (χ4v) is 6.84. The summed E-state index contributed by atoms with van der Waals surface area (Å²) in [5, 5.41) is 0. The number of nitrogens with zero attached hydrogens (tertiary/aromatic N) is 3. The lowest BCUT2D eigenvalue weighted by molar-refractivity contribution is 0.297. The first kappa shape index (κ1) is 51.0. The summed E-state index contributed by atoms with van der Waals surface area (Å²) in [5.41, 5.74) is 18.8. The molecule has 0 fully saturated rings. The number of pyridine rings is 3. The van der Waals surface area contributed by atoms with E-state index in [0.717, 1.165) is 18.8 Å². The molecular weight excluding hydrogens is 781 g/mol. The van der Waals surface area contributed by atoms with E-state index < -0.39 is 47.6 Å². The van der Waals surface area contributed by atoms with E-state index in [4.69, 9.17) is 45.6 Å². The predicted octanol–water partition coefficient (Wildman–Crippen LogP) is 2.24. The molecule has 3 aromatic rings. The molecule has 0 saturated heterocycles. The van der Waals surface area contributed by atoms with E-state index in [1.165, 1.54) is 21.3 Å². The highest BCUT2D eigenvalue weighted by Gasteiger charge is 2.19. The van der Waals surface area contributed by atoms with Gasteiger partial charge in [-0.25, -0.2) is 40.2 Å². The average Bonchev–Trinajstić information content (AvgIpc) is 3.07. The van der Waals surface area contributed by atoms with Crippen molar-refractivity contribution < 1.29 is 53.7 Å². The van der Waals surface area contributed by atoms with Gasteiger partial charge in [0.05, 0.1) is 93.6 Å². The highest BCUT2D eigenvalue weighted by atomic mass is 32.2. The van der Waals surface area contributed by atoms with Gasteiger partial charge in [0.2, 0.25) is 0 Å². The SMILES string of the molecule is C.CCOc1nc(C(N)CS(C)(=O)=O)ccc1OC.CCOc1nc([C@@H](N)CS(C)(=O)=O)ccc1OC.CCOc1nc([C@H](N)CS(C)(=O)=O)ccc1OC. The molecule has 6 N–H and O–H groups in total. The standard InChI is InChI=1S/3C11H18N2O4S.CH4/c3*1-4-17-11-10(16-2)6-5-9(13-11)8(12)7-18(3,14)15;/h3*5-6,8H,4,7,12H2,1-3H3;1H4/t2*8-;;/m10../s1. The van der Waals surface area contributed by atoms with Gasteiger partial charge in [-0.3, -0.25) is 0 Å². The minimum atomic E-state index is -3.15. The van der Waals surface area contributed by atoms with Gasteiger partial charge in [0.25, 0.3) is 17.6 Å². The van der Waals surface area contributed by atoms with Crippen LogP contribution in [0.3, 0.4) is 0 Å². The van der Waals surface area contributed by atoms with Crippen LogP contribution in [0.25, 0.3) is 0 Å². The summed E-state index contributed by atoms with van der Waals surface area (Å²) in [6.07, 6.45) is 3.42. The Hall–Kier alpha value is -4.02. The van der Waals surface area contributed by atoms with Crippen LogP contribution in [0.15, 0.2) is 36.4 Å². The lowest BCUT2D eigenvalue weighted by Crippen LogP contribution is -2.22. The van der Waals surface area contributed by atoms with Crippen LogP contribution in [-0.4, -0.2) is 117 Å². The summed E-state index contributed by atoms with van der Waals surface area (Å²) in [7, 11) is -4.92. The van der Waals surface area contributed by atoms with Gasteiger partial charge in [-0.1, -0.05) is 7.43 Å². The molecule has 0 radical (unpaired) electrons. The molecule has 0 spiro atoms. The lowest BCUT2D eigenvalue weighted by Gasteiger charge is -2.13. The van der Waals surface area contributed by atoms with Crippen molar-refractivity contribution in [3.8, 4) is 34.9 Å². The molecule has 3 rings (SSSR count). The lowest BCUT2D eigenvalue weighted by atomic mass is 10.2. The molecule has 3 heterocycles. The zero-order valence-electron chi connectivity index (χ0n) is 32.1. The molecule has 18 nitrogen and oxygen atoms in total. The molecule has 0 saturated carbocycles. The van der Waals surface area contributed by atoms with Crippen molar-refractivity contribution in [1.82, 2.24) is 15.0 Å². The number of hydrogen-bond acceptors (Lipinski definition) is 18. The van der Waals surface area contributed by atoms with Crippen molar-refractivity contribution in [2.24, 2.45) is 17.2 Å². The number of hydrogen-bond donors (Lipinski definition) is 3. The van der Waals surface area contributed by atoms with Crippen LogP contribution in [0.1, 0.15) is 63.4 Å². The van der Waals surface area contributed by atoms with Crippen LogP contribution in [0, 0.1) is 0 Å². The van der Waals surface area contributed by atoms with Crippen molar-refractivity contribution >= 4 is 29.5 Å². The summed E-state index contributed by atoms with van der Waals surface area (Å²) < 4.78 is 98.3. The molecule has 0 aliphatic heterocycles. The van der Waals surface area contributed by atoms with E-state index in [-0.39, 0.29) is 24.7 Å². The normalized spacial score (nSPS) is 12.9. The molecule has 0 aliphatic rings. The summed E-state index contributed by atoms with van der Waals surface area (Å²) in [6, 6.07) is 7.87. The maximum atomic E-state index is 11.2. The molecule has 21 heteroatoms. The Kier molecular flexibility index (Phi) is 22.1. The Morgan fingerprint density at radius 1 is 0.491 bits per heavy atom. The van der Waals surface area contributed by atoms with Crippen molar-refractivity contribution in [2.45, 2.75) is 46.3 Å². The maximum absolute atomic E-state index is 11.2. The third-order valence-corrected chi connectivity index (χ3v) is 9.52. The van der Waals surface area contributed by atoms with Crippen LogP contribution in [0.5, 0.6) is 34.9 Å². The van der Waals surface area contributed by atoms with Gasteiger partial charge in [-0.2, -0.15) is 0 Å². The van der Waals surface area contributed by atoms with E-state index in [1.807, 2.05) is 20.8 Å². The largest absolute Gasteiger partial charge is 0.491 e. The molecule has 3 atom stereocenters. The number of rotatable bonds is 18. The minimum absolute atomic E-state index is 0. The van der Waals surface area contributed by atoms with Crippen LogP contribution >= 0.6 is 0 Å². The first-order valence-electron chi connectivity index (χ1n) is 16.4. The van der Waals surface area contributed by atoms with E-state index in [2.05, 4.69) is 15.0 Å². The Balaban J connectivity index is 0.000000788. The second kappa shape index (κ2) is 23.8. The quantitative estimate of drug-likeness (QED) is 0.166. The zero-order valence-corrected chi connectivity index (χ0v) is 34.6. The van der Waals surface area contributed by atoms with Gasteiger partial charge in [-0.15, -0.1) is 0 Å². The fourth-order valence-electron chi connectivity index (χ4n) is 4.37. The van der Waals surface area contributed by atoms with Crippen molar-refractivity contribution in [1.29, 1.82) is 0 Å². The van der Waals surface area contributed by atoms with Gasteiger partial charge >= 0.3 is 0 Å². The molecule has 0 aliphatic carbocycles. The molecule has 1 unspecified atom stereocenters. The Morgan fingerprint density at radius 3 is 0.873 bits per heavy atom. The minimum Gasteiger partial charge on any atom is -0.491 e. The summed E-state index contributed by atoms with van der Waals surface area (Å²) in [4.78, 5) is 12.5. The number of aromatic nitrogens is 3. The number of methoxy groups -OCH3 is 3. The van der Waals surface area contributed by atoms with Gasteiger partial charge in [0, 0.05) is 18.8 Å². The summed E-state index contributed by atoms with van der Waals surface area (Å²) >= 11 is 0. The molecular formula is C34H58N6O12S3. The zero-order chi connectivity index (χ0) is 41.3. The second-order valence-corrected chi connectivity index (χ2v) is 18.2. The maximum Gasteiger partial charge on any atom is 0.257 e. The van der Waals surface area contributed by atoms with E-state index in [9.17, 15) is 25.3 Å². The van der Waals surface area contributed by atoms with Crippen LogP contribution in [0.2, 0.25) is 0 Å². The highest BCUT2D eigenvalue weighted by molar-refractivity contribution is 7.91. The fraction of sp³-hybridized carbons (Fsp3) is 0.559. The Bertz CT molecular complexity index is 1730. The number of sulfone groups is 3. The Labute approximate surface area is 326 Å².